The lowest BCUT2D eigenvalue weighted by Gasteiger charge is -2.12. The second-order valence-electron chi connectivity index (χ2n) is 4.36. The Morgan fingerprint density at radius 3 is 2.81 bits per heavy atom. The van der Waals surface area contributed by atoms with Crippen molar-refractivity contribution in [3.63, 3.8) is 0 Å². The molecule has 0 bridgehead atoms. The number of esters is 1. The minimum atomic E-state index is -0.433. The van der Waals surface area contributed by atoms with Gasteiger partial charge in [-0.1, -0.05) is 0 Å². The number of carbonyl (C=O) groups is 1. The second kappa shape index (κ2) is 6.60. The van der Waals surface area contributed by atoms with Gasteiger partial charge in [-0.05, 0) is 29.8 Å². The van der Waals surface area contributed by atoms with Gasteiger partial charge >= 0.3 is 5.97 Å². The van der Waals surface area contributed by atoms with Crippen LogP contribution in [0, 0.1) is 0 Å². The molecule has 6 heteroatoms. The topological polar surface area (TPSA) is 86.5 Å². The van der Waals surface area contributed by atoms with Crippen LogP contribution < -0.4 is 15.8 Å². The summed E-state index contributed by atoms with van der Waals surface area (Å²) in [5, 5.41) is 3.18. The van der Waals surface area contributed by atoms with E-state index < -0.39 is 5.97 Å². The molecule has 3 N–H and O–H groups in total. The monoisotopic (exact) mass is 287 g/mol. The highest BCUT2D eigenvalue weighted by atomic mass is 16.5. The molecule has 6 nitrogen and oxygen atoms in total. The molecule has 0 amide bonds. The van der Waals surface area contributed by atoms with Crippen molar-refractivity contribution in [3.05, 3.63) is 47.7 Å². The molecule has 2 aromatic rings. The highest BCUT2D eigenvalue weighted by molar-refractivity contribution is 5.96. The minimum Gasteiger partial charge on any atom is -0.481 e. The summed E-state index contributed by atoms with van der Waals surface area (Å²) in [5.41, 5.74) is 8.25. The number of ether oxygens (including phenoxy) is 2. The molecule has 1 aromatic heterocycles. The summed E-state index contributed by atoms with van der Waals surface area (Å²) in [4.78, 5) is 15.8. The van der Waals surface area contributed by atoms with E-state index in [1.54, 1.807) is 31.5 Å². The standard InChI is InChI=1S/C15H17N3O3/c1-20-14-7-10(5-6-17-14)9-18-13-4-3-11(16)8-12(13)15(19)21-2/h3-8,18H,9,16H2,1-2H3. The smallest absolute Gasteiger partial charge is 0.340 e. The number of hydrogen-bond donors (Lipinski definition) is 2. The van der Waals surface area contributed by atoms with Crippen LogP contribution in [0.15, 0.2) is 36.5 Å². The number of carbonyl (C=O) groups excluding carboxylic acids is 1. The van der Waals surface area contributed by atoms with Crippen molar-refractivity contribution in [2.75, 3.05) is 25.3 Å². The third-order valence-corrected chi connectivity index (χ3v) is 2.94. The van der Waals surface area contributed by atoms with Gasteiger partial charge in [0.2, 0.25) is 5.88 Å². The number of nitrogens with zero attached hydrogens (tertiary/aromatic N) is 1. The quantitative estimate of drug-likeness (QED) is 0.646. The third-order valence-electron chi connectivity index (χ3n) is 2.94. The number of nitrogen functional groups attached to an aromatic ring is 1. The van der Waals surface area contributed by atoms with Crippen molar-refractivity contribution < 1.29 is 14.3 Å². The summed E-state index contributed by atoms with van der Waals surface area (Å²) in [6, 6.07) is 8.75. The van der Waals surface area contributed by atoms with Gasteiger partial charge in [-0.15, -0.1) is 0 Å². The summed E-state index contributed by atoms with van der Waals surface area (Å²) in [6.07, 6.45) is 1.67. The van der Waals surface area contributed by atoms with Crippen LogP contribution in [0.25, 0.3) is 0 Å². The number of rotatable bonds is 5. The molecule has 0 fully saturated rings. The van der Waals surface area contributed by atoms with Crippen LogP contribution in [0.2, 0.25) is 0 Å². The van der Waals surface area contributed by atoms with Crippen molar-refractivity contribution in [1.29, 1.82) is 0 Å². The average Bonchev–Trinajstić information content (AvgIpc) is 2.53. The molecule has 0 atom stereocenters. The van der Waals surface area contributed by atoms with Gasteiger partial charge in [0, 0.05) is 30.2 Å². The number of methoxy groups -OCH3 is 2. The predicted octanol–water partition coefficient (Wildman–Crippen LogP) is 2.07. The molecule has 1 aromatic carbocycles. The first-order valence-corrected chi connectivity index (χ1v) is 6.34. The largest absolute Gasteiger partial charge is 0.481 e. The molecule has 0 aliphatic carbocycles. The SMILES string of the molecule is COC(=O)c1cc(N)ccc1NCc1ccnc(OC)c1. The summed E-state index contributed by atoms with van der Waals surface area (Å²) < 4.78 is 9.83. The maximum atomic E-state index is 11.8. The van der Waals surface area contributed by atoms with E-state index in [1.807, 2.05) is 12.1 Å². The summed E-state index contributed by atoms with van der Waals surface area (Å²) in [7, 11) is 2.90. The molecule has 110 valence electrons. The van der Waals surface area contributed by atoms with Gasteiger partial charge in [-0.3, -0.25) is 0 Å². The lowest BCUT2D eigenvalue weighted by atomic mass is 10.1. The first-order chi connectivity index (χ1) is 10.1. The zero-order chi connectivity index (χ0) is 15.2. The molecule has 21 heavy (non-hydrogen) atoms. The predicted molar refractivity (Wildman–Crippen MR) is 80.3 cm³/mol. The molecule has 0 radical (unpaired) electrons. The van der Waals surface area contributed by atoms with Crippen LogP contribution in [0.1, 0.15) is 15.9 Å². The Bertz CT molecular complexity index is 644. The summed E-state index contributed by atoms with van der Waals surface area (Å²) in [5.74, 6) is 0.108. The molecule has 0 aliphatic rings. The van der Waals surface area contributed by atoms with E-state index in [4.69, 9.17) is 15.2 Å². The maximum absolute atomic E-state index is 11.8. The van der Waals surface area contributed by atoms with Gasteiger partial charge < -0.3 is 20.5 Å². The highest BCUT2D eigenvalue weighted by Crippen LogP contribution is 2.21. The lowest BCUT2D eigenvalue weighted by molar-refractivity contribution is 0.0602. The van der Waals surface area contributed by atoms with Gasteiger partial charge in [0.15, 0.2) is 0 Å². The fourth-order valence-electron chi connectivity index (χ4n) is 1.86. The Balaban J connectivity index is 2.17. The Morgan fingerprint density at radius 1 is 1.29 bits per heavy atom. The van der Waals surface area contributed by atoms with Gasteiger partial charge in [0.05, 0.1) is 19.8 Å². The van der Waals surface area contributed by atoms with Crippen molar-refractivity contribution in [3.8, 4) is 5.88 Å². The van der Waals surface area contributed by atoms with Crippen molar-refractivity contribution in [1.82, 2.24) is 4.98 Å². The van der Waals surface area contributed by atoms with Gasteiger partial charge in [-0.2, -0.15) is 0 Å². The van der Waals surface area contributed by atoms with Crippen LogP contribution in [-0.2, 0) is 11.3 Å². The molecular weight excluding hydrogens is 270 g/mol. The Morgan fingerprint density at radius 2 is 2.10 bits per heavy atom. The number of nitrogens with two attached hydrogens (primary N) is 1. The van der Waals surface area contributed by atoms with E-state index >= 15 is 0 Å². The second-order valence-corrected chi connectivity index (χ2v) is 4.36. The molecule has 2 rings (SSSR count). The number of benzene rings is 1. The molecule has 0 aliphatic heterocycles. The first kappa shape index (κ1) is 14.6. The van der Waals surface area contributed by atoms with Crippen LogP contribution in [0.5, 0.6) is 5.88 Å². The molecule has 1 heterocycles. The summed E-state index contributed by atoms with van der Waals surface area (Å²) in [6.45, 7) is 0.521. The Kier molecular flexibility index (Phi) is 4.61. The van der Waals surface area contributed by atoms with E-state index in [2.05, 4.69) is 10.3 Å². The van der Waals surface area contributed by atoms with Gasteiger partial charge in [-0.25, -0.2) is 9.78 Å². The lowest BCUT2D eigenvalue weighted by Crippen LogP contribution is -2.09. The van der Waals surface area contributed by atoms with Gasteiger partial charge in [0.1, 0.15) is 0 Å². The minimum absolute atomic E-state index is 0.401. The van der Waals surface area contributed by atoms with E-state index in [-0.39, 0.29) is 0 Å². The molecular formula is C15H17N3O3. The number of nitrogens with one attached hydrogen (secondary N) is 1. The molecule has 0 spiro atoms. The van der Waals surface area contributed by atoms with Crippen LogP contribution >= 0.6 is 0 Å². The van der Waals surface area contributed by atoms with Crippen molar-refractivity contribution >= 4 is 17.3 Å². The van der Waals surface area contributed by atoms with E-state index in [1.165, 1.54) is 7.11 Å². The number of hydrogen-bond acceptors (Lipinski definition) is 6. The highest BCUT2D eigenvalue weighted by Gasteiger charge is 2.12. The number of anilines is 2. The molecule has 0 saturated carbocycles. The normalized spacial score (nSPS) is 10.0. The Hall–Kier alpha value is -2.76. The van der Waals surface area contributed by atoms with E-state index in [0.717, 1.165) is 5.56 Å². The van der Waals surface area contributed by atoms with Crippen molar-refractivity contribution in [2.45, 2.75) is 6.54 Å². The zero-order valence-electron chi connectivity index (χ0n) is 11.9. The average molecular weight is 287 g/mol. The van der Waals surface area contributed by atoms with E-state index in [9.17, 15) is 4.79 Å². The number of aromatic nitrogens is 1. The Labute approximate surface area is 122 Å². The summed E-state index contributed by atoms with van der Waals surface area (Å²) >= 11 is 0. The molecule has 0 saturated heterocycles. The van der Waals surface area contributed by atoms with E-state index in [0.29, 0.717) is 29.4 Å². The fourth-order valence-corrected chi connectivity index (χ4v) is 1.86. The fraction of sp³-hybridized carbons (Fsp3) is 0.200. The van der Waals surface area contributed by atoms with Gasteiger partial charge in [0.25, 0.3) is 0 Å². The molecule has 0 unspecified atom stereocenters. The maximum Gasteiger partial charge on any atom is 0.340 e. The van der Waals surface area contributed by atoms with Crippen LogP contribution in [0.4, 0.5) is 11.4 Å². The van der Waals surface area contributed by atoms with Crippen LogP contribution in [-0.4, -0.2) is 25.2 Å². The van der Waals surface area contributed by atoms with Crippen molar-refractivity contribution in [2.24, 2.45) is 0 Å². The van der Waals surface area contributed by atoms with Crippen LogP contribution in [0.3, 0.4) is 0 Å². The zero-order valence-corrected chi connectivity index (χ0v) is 11.9. The third kappa shape index (κ3) is 3.62. The number of pyridine rings is 1. The first-order valence-electron chi connectivity index (χ1n) is 6.34.